The molecule has 0 bridgehead atoms. The fourth-order valence-electron chi connectivity index (χ4n) is 2.37. The highest BCUT2D eigenvalue weighted by molar-refractivity contribution is 7.99. The van der Waals surface area contributed by atoms with Crippen molar-refractivity contribution in [3.63, 3.8) is 0 Å². The lowest BCUT2D eigenvalue weighted by Gasteiger charge is -2.20. The Morgan fingerprint density at radius 3 is 2.95 bits per heavy atom. The Labute approximate surface area is 128 Å². The minimum Gasteiger partial charge on any atom is -0.380 e. The molecule has 0 radical (unpaired) electrons. The van der Waals surface area contributed by atoms with Crippen molar-refractivity contribution in [2.24, 2.45) is 0 Å². The zero-order valence-electron chi connectivity index (χ0n) is 12.0. The molecule has 0 spiro atoms. The molecule has 21 heavy (non-hydrogen) atoms. The molecule has 114 valence electrons. The second-order valence-electron chi connectivity index (χ2n) is 4.75. The average molecular weight is 309 g/mol. The van der Waals surface area contributed by atoms with Gasteiger partial charge in [-0.1, -0.05) is 6.07 Å². The molecule has 1 N–H and O–H groups in total. The summed E-state index contributed by atoms with van der Waals surface area (Å²) in [5.74, 6) is 1.67. The average Bonchev–Trinajstić information content (AvgIpc) is 2.75. The molecule has 1 aliphatic rings. The maximum atomic E-state index is 12.6. The Bertz CT molecular complexity index is 528. The molecule has 1 fully saturated rings. The first-order chi connectivity index (χ1) is 10.1. The number of hydrogen-bond acceptors (Lipinski definition) is 5. The summed E-state index contributed by atoms with van der Waals surface area (Å²) in [7, 11) is 0. The number of nitrogens with one attached hydrogen (secondary N) is 1. The number of para-hydroxylation sites is 1. The van der Waals surface area contributed by atoms with Crippen LogP contribution >= 0.6 is 11.8 Å². The second-order valence-corrected chi connectivity index (χ2v) is 5.97. The molecule has 0 saturated carbocycles. The minimum atomic E-state index is -0.474. The molecule has 1 aromatic rings. The summed E-state index contributed by atoms with van der Waals surface area (Å²) in [4.78, 5) is 25.2. The van der Waals surface area contributed by atoms with Gasteiger partial charge in [0.25, 0.3) is 5.91 Å². The highest BCUT2D eigenvalue weighted by Gasteiger charge is 2.27. The quantitative estimate of drug-likeness (QED) is 0.683. The molecule has 2 rings (SSSR count). The lowest BCUT2D eigenvalue weighted by Crippen LogP contribution is -2.33. The number of nitro benzene ring substituents is 1. The van der Waals surface area contributed by atoms with Crippen LogP contribution in [0.5, 0.6) is 0 Å². The van der Waals surface area contributed by atoms with Crippen LogP contribution in [0.2, 0.25) is 0 Å². The Kier molecular flexibility index (Phi) is 5.44. The van der Waals surface area contributed by atoms with E-state index in [1.807, 2.05) is 18.7 Å². The summed E-state index contributed by atoms with van der Waals surface area (Å²) in [5.41, 5.74) is 0.448. The number of carbonyl (C=O) groups excluding carboxylic acids is 1. The number of benzene rings is 1. The van der Waals surface area contributed by atoms with Crippen molar-refractivity contribution >= 4 is 29.0 Å². The SMILES string of the molecule is CCNc1cccc(C(=O)N2CCCSCC2)c1[N+](=O)[O-]. The standard InChI is InChI=1S/C14H19N3O3S/c1-2-15-12-6-3-5-11(13(12)17(19)20)14(18)16-7-4-9-21-10-8-16/h3,5-6,15H,2,4,7-10H2,1H3. The predicted octanol–water partition coefficient (Wildman–Crippen LogP) is 2.61. The van der Waals surface area contributed by atoms with Crippen molar-refractivity contribution in [3.05, 3.63) is 33.9 Å². The number of nitro groups is 1. The lowest BCUT2D eigenvalue weighted by atomic mass is 10.1. The van der Waals surface area contributed by atoms with E-state index in [4.69, 9.17) is 0 Å². The van der Waals surface area contributed by atoms with Crippen LogP contribution < -0.4 is 5.32 Å². The summed E-state index contributed by atoms with van der Waals surface area (Å²) >= 11 is 1.81. The predicted molar refractivity (Wildman–Crippen MR) is 85.1 cm³/mol. The van der Waals surface area contributed by atoms with Crippen LogP contribution in [0, 0.1) is 10.1 Å². The van der Waals surface area contributed by atoms with Gasteiger partial charge in [0, 0.05) is 25.4 Å². The van der Waals surface area contributed by atoms with Gasteiger partial charge in [0.05, 0.1) is 4.92 Å². The van der Waals surface area contributed by atoms with E-state index in [-0.39, 0.29) is 17.2 Å². The minimum absolute atomic E-state index is 0.124. The molecule has 0 atom stereocenters. The lowest BCUT2D eigenvalue weighted by molar-refractivity contribution is -0.384. The fourth-order valence-corrected chi connectivity index (χ4v) is 3.25. The van der Waals surface area contributed by atoms with E-state index >= 15 is 0 Å². The molecule has 6 nitrogen and oxygen atoms in total. The van der Waals surface area contributed by atoms with E-state index in [9.17, 15) is 14.9 Å². The Morgan fingerprint density at radius 1 is 1.43 bits per heavy atom. The Hall–Kier alpha value is -1.76. The summed E-state index contributed by atoms with van der Waals surface area (Å²) in [5, 5.41) is 14.3. The monoisotopic (exact) mass is 309 g/mol. The maximum Gasteiger partial charge on any atom is 0.305 e. The van der Waals surface area contributed by atoms with Gasteiger partial charge in [-0.25, -0.2) is 0 Å². The van der Waals surface area contributed by atoms with Gasteiger partial charge >= 0.3 is 5.69 Å². The van der Waals surface area contributed by atoms with Gasteiger partial charge in [0.2, 0.25) is 0 Å². The maximum absolute atomic E-state index is 12.6. The van der Waals surface area contributed by atoms with Gasteiger partial charge in [0.1, 0.15) is 11.3 Å². The van der Waals surface area contributed by atoms with Crippen molar-refractivity contribution in [1.82, 2.24) is 4.90 Å². The Balaban J connectivity index is 2.35. The van der Waals surface area contributed by atoms with Crippen LogP contribution in [0.3, 0.4) is 0 Å². The number of amides is 1. The summed E-state index contributed by atoms with van der Waals surface area (Å²) in [6, 6.07) is 4.86. The normalized spacial score (nSPS) is 15.4. The van der Waals surface area contributed by atoms with E-state index < -0.39 is 4.92 Å². The highest BCUT2D eigenvalue weighted by Crippen LogP contribution is 2.30. The Morgan fingerprint density at radius 2 is 2.24 bits per heavy atom. The number of nitrogens with zero attached hydrogens (tertiary/aromatic N) is 2. The van der Waals surface area contributed by atoms with Gasteiger partial charge in [-0.05, 0) is 31.2 Å². The molecule has 1 aliphatic heterocycles. The molecule has 0 aliphatic carbocycles. The first-order valence-corrected chi connectivity index (χ1v) is 8.19. The van der Waals surface area contributed by atoms with E-state index in [1.54, 1.807) is 23.1 Å². The van der Waals surface area contributed by atoms with Crippen molar-refractivity contribution in [2.45, 2.75) is 13.3 Å². The topological polar surface area (TPSA) is 75.5 Å². The van der Waals surface area contributed by atoms with Crippen LogP contribution in [0.1, 0.15) is 23.7 Å². The number of hydrogen-bond donors (Lipinski definition) is 1. The van der Waals surface area contributed by atoms with E-state index in [1.165, 1.54) is 0 Å². The van der Waals surface area contributed by atoms with Crippen LogP contribution in [0.25, 0.3) is 0 Å². The number of anilines is 1. The van der Waals surface area contributed by atoms with Gasteiger partial charge in [-0.2, -0.15) is 11.8 Å². The van der Waals surface area contributed by atoms with Crippen LogP contribution in [-0.4, -0.2) is 46.9 Å². The van der Waals surface area contributed by atoms with E-state index in [0.29, 0.717) is 25.3 Å². The first kappa shape index (κ1) is 15.6. The van der Waals surface area contributed by atoms with Crippen LogP contribution in [0.15, 0.2) is 18.2 Å². The molecule has 0 aromatic heterocycles. The molecule has 1 amide bonds. The summed E-state index contributed by atoms with van der Waals surface area (Å²) < 4.78 is 0. The van der Waals surface area contributed by atoms with E-state index in [0.717, 1.165) is 17.9 Å². The highest BCUT2D eigenvalue weighted by atomic mass is 32.2. The molecular weight excluding hydrogens is 290 g/mol. The van der Waals surface area contributed by atoms with Gasteiger partial charge in [-0.15, -0.1) is 0 Å². The molecule has 1 saturated heterocycles. The van der Waals surface area contributed by atoms with Crippen molar-refractivity contribution in [2.75, 3.05) is 36.5 Å². The van der Waals surface area contributed by atoms with Crippen molar-refractivity contribution < 1.29 is 9.72 Å². The number of rotatable bonds is 4. The third-order valence-corrected chi connectivity index (χ3v) is 4.37. The largest absolute Gasteiger partial charge is 0.380 e. The molecule has 1 heterocycles. The molecule has 7 heteroatoms. The zero-order valence-corrected chi connectivity index (χ0v) is 12.8. The van der Waals surface area contributed by atoms with Gasteiger partial charge in [0.15, 0.2) is 0 Å². The number of thioether (sulfide) groups is 1. The van der Waals surface area contributed by atoms with Crippen molar-refractivity contribution in [1.29, 1.82) is 0 Å². The fraction of sp³-hybridized carbons (Fsp3) is 0.500. The molecular formula is C14H19N3O3S. The van der Waals surface area contributed by atoms with Crippen molar-refractivity contribution in [3.8, 4) is 0 Å². The molecule has 1 aromatic carbocycles. The van der Waals surface area contributed by atoms with Crippen LogP contribution in [0.4, 0.5) is 11.4 Å². The number of carbonyl (C=O) groups is 1. The van der Waals surface area contributed by atoms with Crippen LogP contribution in [-0.2, 0) is 0 Å². The zero-order chi connectivity index (χ0) is 15.2. The smallest absolute Gasteiger partial charge is 0.305 e. The van der Waals surface area contributed by atoms with Gasteiger partial charge in [-0.3, -0.25) is 14.9 Å². The third kappa shape index (κ3) is 3.66. The summed E-state index contributed by atoms with van der Waals surface area (Å²) in [6.07, 6.45) is 0.928. The first-order valence-electron chi connectivity index (χ1n) is 7.03. The third-order valence-electron chi connectivity index (χ3n) is 3.33. The van der Waals surface area contributed by atoms with Gasteiger partial charge < -0.3 is 10.2 Å². The van der Waals surface area contributed by atoms with E-state index in [2.05, 4.69) is 5.32 Å². The molecule has 0 unspecified atom stereocenters. The summed E-state index contributed by atoms with van der Waals surface area (Å²) in [6.45, 7) is 3.74. The second kappa shape index (κ2) is 7.31.